The van der Waals surface area contributed by atoms with Crippen LogP contribution in [0.5, 0.6) is 5.75 Å². The maximum atomic E-state index is 13.3. The molecule has 1 aromatic carbocycles. The Kier molecular flexibility index (Phi) is 6.49. The van der Waals surface area contributed by atoms with Gasteiger partial charge in [0.25, 0.3) is 0 Å². The van der Waals surface area contributed by atoms with Gasteiger partial charge in [0.05, 0.1) is 7.11 Å². The molecule has 1 saturated heterocycles. The maximum Gasteiger partial charge on any atom is 0.244 e. The third kappa shape index (κ3) is 4.84. The van der Waals surface area contributed by atoms with Crippen LogP contribution in [0.1, 0.15) is 12.8 Å². The van der Waals surface area contributed by atoms with Gasteiger partial charge in [0.2, 0.25) is 10.0 Å². The van der Waals surface area contributed by atoms with Crippen LogP contribution in [-0.4, -0.2) is 46.3 Å². The van der Waals surface area contributed by atoms with E-state index in [-0.39, 0.29) is 10.6 Å². The highest BCUT2D eigenvalue weighted by Gasteiger charge is 2.20. The summed E-state index contributed by atoms with van der Waals surface area (Å²) >= 11 is 1.73. The molecule has 0 aliphatic carbocycles. The van der Waals surface area contributed by atoms with E-state index in [1.165, 1.54) is 19.2 Å². The molecule has 8 heteroatoms. The van der Waals surface area contributed by atoms with Crippen molar-refractivity contribution < 1.29 is 22.3 Å². The minimum atomic E-state index is -3.78. The molecular weight excluding hydrogens is 329 g/mol. The van der Waals surface area contributed by atoms with Crippen LogP contribution < -0.4 is 9.46 Å². The smallest absolute Gasteiger partial charge is 0.244 e. The summed E-state index contributed by atoms with van der Waals surface area (Å²) in [6.07, 6.45) is 1.99. The zero-order valence-corrected chi connectivity index (χ0v) is 14.0. The second-order valence-corrected chi connectivity index (χ2v) is 8.02. The average Bonchev–Trinajstić information content (AvgIpc) is 2.52. The van der Waals surface area contributed by atoms with E-state index in [2.05, 4.69) is 4.72 Å². The Morgan fingerprint density at radius 2 is 2.14 bits per heavy atom. The number of ether oxygens (including phenoxy) is 2. The lowest BCUT2D eigenvalue weighted by Crippen LogP contribution is -2.27. The highest BCUT2D eigenvalue weighted by atomic mass is 32.2. The molecular formula is C14H20FNO4S2. The Balaban J connectivity index is 1.89. The fraction of sp³-hybridized carbons (Fsp3) is 0.571. The second kappa shape index (κ2) is 8.14. The number of benzene rings is 1. The molecule has 0 aromatic heterocycles. The number of rotatable bonds is 7. The molecule has 1 fully saturated rings. The minimum absolute atomic E-state index is 0.131. The van der Waals surface area contributed by atoms with Crippen LogP contribution in [0.4, 0.5) is 4.39 Å². The molecule has 1 aliphatic heterocycles. The number of nitrogens with one attached hydrogen (secondary N) is 1. The standard InChI is InChI=1S/C14H20FNO4S2/c1-19-13-3-2-11(15)10-14(13)22(17,18)16-6-9-21-12-4-7-20-8-5-12/h2-3,10,12,16H,4-9H2,1H3. The van der Waals surface area contributed by atoms with Gasteiger partial charge in [-0.1, -0.05) is 0 Å². The number of methoxy groups -OCH3 is 1. The molecule has 2 rings (SSSR count). The van der Waals surface area contributed by atoms with Gasteiger partial charge in [0.15, 0.2) is 0 Å². The van der Waals surface area contributed by atoms with E-state index in [0.29, 0.717) is 17.5 Å². The largest absolute Gasteiger partial charge is 0.495 e. The summed E-state index contributed by atoms with van der Waals surface area (Å²) in [6.45, 7) is 1.83. The summed E-state index contributed by atoms with van der Waals surface area (Å²) in [4.78, 5) is -0.175. The summed E-state index contributed by atoms with van der Waals surface area (Å²) in [7, 11) is -2.43. The Morgan fingerprint density at radius 3 is 2.82 bits per heavy atom. The van der Waals surface area contributed by atoms with E-state index in [4.69, 9.17) is 9.47 Å². The topological polar surface area (TPSA) is 64.6 Å². The van der Waals surface area contributed by atoms with Gasteiger partial charge >= 0.3 is 0 Å². The predicted octanol–water partition coefficient (Wildman–Crippen LogP) is 2.02. The molecule has 0 spiro atoms. The SMILES string of the molecule is COc1ccc(F)cc1S(=O)(=O)NCCSC1CCOCC1. The van der Waals surface area contributed by atoms with Crippen LogP contribution >= 0.6 is 11.8 Å². The molecule has 1 aromatic rings. The quantitative estimate of drug-likeness (QED) is 0.763. The fourth-order valence-corrected chi connectivity index (χ4v) is 4.60. The maximum absolute atomic E-state index is 13.3. The van der Waals surface area contributed by atoms with Crippen molar-refractivity contribution in [3.63, 3.8) is 0 Å². The number of hydrogen-bond donors (Lipinski definition) is 1. The predicted molar refractivity (Wildman–Crippen MR) is 84.4 cm³/mol. The van der Waals surface area contributed by atoms with E-state index in [1.54, 1.807) is 11.8 Å². The first-order valence-corrected chi connectivity index (χ1v) is 9.58. The van der Waals surface area contributed by atoms with E-state index in [9.17, 15) is 12.8 Å². The van der Waals surface area contributed by atoms with Crippen LogP contribution in [0.25, 0.3) is 0 Å². The van der Waals surface area contributed by atoms with E-state index in [1.807, 2.05) is 0 Å². The van der Waals surface area contributed by atoms with Crippen molar-refractivity contribution in [1.82, 2.24) is 4.72 Å². The zero-order chi connectivity index (χ0) is 16.0. The molecule has 124 valence electrons. The van der Waals surface area contributed by atoms with Crippen molar-refractivity contribution in [2.24, 2.45) is 0 Å². The zero-order valence-electron chi connectivity index (χ0n) is 12.4. The molecule has 1 N–H and O–H groups in total. The van der Waals surface area contributed by atoms with Crippen LogP contribution in [0, 0.1) is 5.82 Å². The van der Waals surface area contributed by atoms with Gasteiger partial charge in [-0.25, -0.2) is 17.5 Å². The molecule has 22 heavy (non-hydrogen) atoms. The lowest BCUT2D eigenvalue weighted by atomic mass is 10.2. The number of thioether (sulfide) groups is 1. The third-order valence-corrected chi connectivity index (χ3v) is 6.20. The van der Waals surface area contributed by atoms with E-state index >= 15 is 0 Å². The number of hydrogen-bond acceptors (Lipinski definition) is 5. The van der Waals surface area contributed by atoms with Gasteiger partial charge in [0, 0.05) is 30.8 Å². The van der Waals surface area contributed by atoms with Crippen LogP contribution in [0.15, 0.2) is 23.1 Å². The molecule has 0 bridgehead atoms. The van der Waals surface area contributed by atoms with Gasteiger partial charge in [-0.3, -0.25) is 0 Å². The first-order chi connectivity index (χ1) is 10.5. The minimum Gasteiger partial charge on any atom is -0.495 e. The van der Waals surface area contributed by atoms with Gasteiger partial charge in [0.1, 0.15) is 16.5 Å². The van der Waals surface area contributed by atoms with Crippen LogP contribution in [0.3, 0.4) is 0 Å². The molecule has 0 amide bonds. The highest BCUT2D eigenvalue weighted by molar-refractivity contribution is 8.00. The summed E-state index contributed by atoms with van der Waals surface area (Å²) in [5.41, 5.74) is 0. The first-order valence-electron chi connectivity index (χ1n) is 7.05. The van der Waals surface area contributed by atoms with Crippen molar-refractivity contribution >= 4 is 21.8 Å². The van der Waals surface area contributed by atoms with Crippen LogP contribution in [-0.2, 0) is 14.8 Å². The van der Waals surface area contributed by atoms with E-state index in [0.717, 1.165) is 32.1 Å². The molecule has 0 unspecified atom stereocenters. The summed E-state index contributed by atoms with van der Waals surface area (Å²) in [5.74, 6) is 0.186. The Hall–Kier alpha value is -0.830. The van der Waals surface area contributed by atoms with Gasteiger partial charge < -0.3 is 9.47 Å². The van der Waals surface area contributed by atoms with Crippen molar-refractivity contribution in [3.8, 4) is 5.75 Å². The fourth-order valence-electron chi connectivity index (χ4n) is 2.18. The van der Waals surface area contributed by atoms with Gasteiger partial charge in [-0.05, 0) is 31.0 Å². The molecule has 0 atom stereocenters. The summed E-state index contributed by atoms with van der Waals surface area (Å²) in [5, 5.41) is 0.516. The van der Waals surface area contributed by atoms with Crippen molar-refractivity contribution in [3.05, 3.63) is 24.0 Å². The number of sulfonamides is 1. The van der Waals surface area contributed by atoms with Crippen molar-refractivity contribution in [2.45, 2.75) is 23.0 Å². The lowest BCUT2D eigenvalue weighted by Gasteiger charge is -2.21. The highest BCUT2D eigenvalue weighted by Crippen LogP contribution is 2.25. The normalized spacial score (nSPS) is 16.6. The summed E-state index contributed by atoms with van der Waals surface area (Å²) in [6, 6.07) is 3.44. The Labute approximate surface area is 134 Å². The molecule has 1 aliphatic rings. The van der Waals surface area contributed by atoms with E-state index < -0.39 is 15.8 Å². The lowest BCUT2D eigenvalue weighted by molar-refractivity contribution is 0.100. The first kappa shape index (κ1) is 17.5. The van der Waals surface area contributed by atoms with Crippen molar-refractivity contribution in [1.29, 1.82) is 0 Å². The average molecular weight is 349 g/mol. The molecule has 0 saturated carbocycles. The molecule has 5 nitrogen and oxygen atoms in total. The summed E-state index contributed by atoms with van der Waals surface area (Å²) < 4.78 is 50.5. The number of halogens is 1. The van der Waals surface area contributed by atoms with Gasteiger partial charge in [-0.15, -0.1) is 0 Å². The van der Waals surface area contributed by atoms with Crippen LogP contribution in [0.2, 0.25) is 0 Å². The Morgan fingerprint density at radius 1 is 1.41 bits per heavy atom. The Bertz CT molecular complexity index is 589. The monoisotopic (exact) mass is 349 g/mol. The second-order valence-electron chi connectivity index (χ2n) is 4.88. The van der Waals surface area contributed by atoms with Gasteiger partial charge in [-0.2, -0.15) is 11.8 Å². The third-order valence-electron chi connectivity index (χ3n) is 3.33. The molecule has 0 radical (unpaired) electrons. The molecule has 1 heterocycles. The van der Waals surface area contributed by atoms with Crippen molar-refractivity contribution in [2.75, 3.05) is 32.6 Å².